The number of nitrogens with zero attached hydrogens (tertiary/aromatic N) is 4. The molecule has 6 heteroatoms. The Hall–Kier alpha value is -2.14. The van der Waals surface area contributed by atoms with Crippen LogP contribution in [0, 0.1) is 0 Å². The van der Waals surface area contributed by atoms with E-state index in [9.17, 15) is 0 Å². The summed E-state index contributed by atoms with van der Waals surface area (Å²) in [7, 11) is 0. The monoisotopic (exact) mass is 313 g/mol. The summed E-state index contributed by atoms with van der Waals surface area (Å²) in [5.41, 5.74) is 1.74. The molecule has 3 aromatic rings. The lowest BCUT2D eigenvalue weighted by molar-refractivity contribution is 0.751. The van der Waals surface area contributed by atoms with Crippen LogP contribution in [0.1, 0.15) is 25.7 Å². The highest BCUT2D eigenvalue weighted by atomic mass is 35.5. The maximum atomic E-state index is 5.95. The van der Waals surface area contributed by atoms with Crippen LogP contribution < -0.4 is 5.32 Å². The molecule has 112 valence electrons. The van der Waals surface area contributed by atoms with Crippen LogP contribution in [0.4, 0.5) is 5.82 Å². The van der Waals surface area contributed by atoms with Crippen LogP contribution in [0.15, 0.2) is 36.8 Å². The van der Waals surface area contributed by atoms with Gasteiger partial charge in [-0.2, -0.15) is 5.10 Å². The summed E-state index contributed by atoms with van der Waals surface area (Å²) >= 11 is 5.95. The van der Waals surface area contributed by atoms with Crippen LogP contribution >= 0.6 is 11.6 Å². The zero-order valence-corrected chi connectivity index (χ0v) is 12.8. The standard InChI is InChI=1S/C16H16ClN5/c17-11-5-7-13(8-6-11)22-16-14(9-20-22)15(18-10-19-16)21-12-3-1-2-4-12/h5-10,12H,1-4H2,(H,18,19,21). The summed E-state index contributed by atoms with van der Waals surface area (Å²) in [4.78, 5) is 8.79. The van der Waals surface area contributed by atoms with Crippen molar-refractivity contribution in [1.29, 1.82) is 0 Å². The van der Waals surface area contributed by atoms with E-state index in [0.29, 0.717) is 11.1 Å². The number of hydrogen-bond donors (Lipinski definition) is 1. The van der Waals surface area contributed by atoms with Gasteiger partial charge in [0.25, 0.3) is 0 Å². The minimum absolute atomic E-state index is 0.511. The van der Waals surface area contributed by atoms with Crippen LogP contribution in [0.5, 0.6) is 0 Å². The lowest BCUT2D eigenvalue weighted by atomic mass is 10.2. The largest absolute Gasteiger partial charge is 0.367 e. The topological polar surface area (TPSA) is 55.6 Å². The number of fused-ring (bicyclic) bond motifs is 1. The number of halogens is 1. The second-order valence-corrected chi connectivity index (χ2v) is 6.05. The van der Waals surface area contributed by atoms with Gasteiger partial charge in [0.1, 0.15) is 12.1 Å². The highest BCUT2D eigenvalue weighted by molar-refractivity contribution is 6.30. The normalized spacial score (nSPS) is 15.5. The van der Waals surface area contributed by atoms with E-state index in [2.05, 4.69) is 20.4 Å². The molecule has 1 saturated carbocycles. The van der Waals surface area contributed by atoms with Crippen LogP contribution in [-0.2, 0) is 0 Å². The Labute approximate surface area is 133 Å². The third-order valence-electron chi connectivity index (χ3n) is 4.13. The molecule has 0 unspecified atom stereocenters. The number of hydrogen-bond acceptors (Lipinski definition) is 4. The van der Waals surface area contributed by atoms with Gasteiger partial charge in [-0.05, 0) is 37.1 Å². The van der Waals surface area contributed by atoms with Crippen molar-refractivity contribution in [3.05, 3.63) is 41.8 Å². The number of rotatable bonds is 3. The van der Waals surface area contributed by atoms with E-state index in [1.165, 1.54) is 25.7 Å². The van der Waals surface area contributed by atoms with Gasteiger partial charge in [-0.3, -0.25) is 0 Å². The fraction of sp³-hybridized carbons (Fsp3) is 0.312. The number of nitrogens with one attached hydrogen (secondary N) is 1. The molecule has 0 aliphatic heterocycles. The van der Waals surface area contributed by atoms with E-state index < -0.39 is 0 Å². The molecule has 0 radical (unpaired) electrons. The summed E-state index contributed by atoms with van der Waals surface area (Å²) in [5.74, 6) is 0.872. The molecule has 2 heterocycles. The molecule has 0 bridgehead atoms. The maximum absolute atomic E-state index is 5.95. The zero-order chi connectivity index (χ0) is 14.9. The highest BCUT2D eigenvalue weighted by Crippen LogP contribution is 2.26. The molecular weight excluding hydrogens is 298 g/mol. The molecule has 1 aliphatic rings. The van der Waals surface area contributed by atoms with Crippen molar-refractivity contribution in [3.63, 3.8) is 0 Å². The number of anilines is 1. The quantitative estimate of drug-likeness (QED) is 0.798. The van der Waals surface area contributed by atoms with Gasteiger partial charge >= 0.3 is 0 Å². The molecule has 5 nitrogen and oxygen atoms in total. The van der Waals surface area contributed by atoms with E-state index in [4.69, 9.17) is 11.6 Å². The molecule has 0 spiro atoms. The van der Waals surface area contributed by atoms with Crippen molar-refractivity contribution in [1.82, 2.24) is 19.7 Å². The molecule has 1 N–H and O–H groups in total. The highest BCUT2D eigenvalue weighted by Gasteiger charge is 2.18. The van der Waals surface area contributed by atoms with Crippen molar-refractivity contribution in [2.24, 2.45) is 0 Å². The first-order valence-electron chi connectivity index (χ1n) is 7.52. The first-order chi connectivity index (χ1) is 10.8. The van der Waals surface area contributed by atoms with Gasteiger partial charge < -0.3 is 5.32 Å². The van der Waals surface area contributed by atoms with E-state index in [1.54, 1.807) is 6.33 Å². The first-order valence-corrected chi connectivity index (χ1v) is 7.90. The fourth-order valence-corrected chi connectivity index (χ4v) is 3.12. The van der Waals surface area contributed by atoms with Gasteiger partial charge in [0, 0.05) is 11.1 Å². The predicted molar refractivity (Wildman–Crippen MR) is 87.5 cm³/mol. The van der Waals surface area contributed by atoms with Gasteiger partial charge in [-0.1, -0.05) is 24.4 Å². The minimum atomic E-state index is 0.511. The van der Waals surface area contributed by atoms with Crippen molar-refractivity contribution in [2.75, 3.05) is 5.32 Å². The molecule has 0 amide bonds. The van der Waals surface area contributed by atoms with Gasteiger partial charge in [0.15, 0.2) is 5.65 Å². The smallest absolute Gasteiger partial charge is 0.168 e. The molecule has 22 heavy (non-hydrogen) atoms. The molecule has 1 fully saturated rings. The zero-order valence-electron chi connectivity index (χ0n) is 12.0. The van der Waals surface area contributed by atoms with E-state index in [0.717, 1.165) is 22.5 Å². The summed E-state index contributed by atoms with van der Waals surface area (Å²) in [6, 6.07) is 8.08. The van der Waals surface area contributed by atoms with Gasteiger partial charge in [-0.25, -0.2) is 14.6 Å². The van der Waals surface area contributed by atoms with Crippen molar-refractivity contribution in [2.45, 2.75) is 31.7 Å². The first kappa shape index (κ1) is 13.5. The van der Waals surface area contributed by atoms with Crippen LogP contribution in [0.3, 0.4) is 0 Å². The predicted octanol–water partition coefficient (Wildman–Crippen LogP) is 3.82. The Morgan fingerprint density at radius 2 is 1.86 bits per heavy atom. The Morgan fingerprint density at radius 1 is 1.09 bits per heavy atom. The van der Waals surface area contributed by atoms with Crippen molar-refractivity contribution < 1.29 is 0 Å². The van der Waals surface area contributed by atoms with Crippen molar-refractivity contribution in [3.8, 4) is 5.69 Å². The third-order valence-corrected chi connectivity index (χ3v) is 4.38. The van der Waals surface area contributed by atoms with E-state index in [1.807, 2.05) is 35.1 Å². The summed E-state index contributed by atoms with van der Waals surface area (Å²) in [5, 5.41) is 9.65. The SMILES string of the molecule is Clc1ccc(-n2ncc3c(NC4CCCC4)ncnc32)cc1. The van der Waals surface area contributed by atoms with Crippen LogP contribution in [0.2, 0.25) is 5.02 Å². The lowest BCUT2D eigenvalue weighted by Crippen LogP contribution is -2.15. The molecule has 1 aliphatic carbocycles. The van der Waals surface area contributed by atoms with Gasteiger partial charge in [0.05, 0.1) is 17.3 Å². The number of benzene rings is 1. The molecule has 0 atom stereocenters. The Morgan fingerprint density at radius 3 is 2.64 bits per heavy atom. The third kappa shape index (κ3) is 2.41. The molecular formula is C16H16ClN5. The summed E-state index contributed by atoms with van der Waals surface area (Å²) in [6.07, 6.45) is 8.40. The Balaban J connectivity index is 1.74. The second-order valence-electron chi connectivity index (χ2n) is 5.62. The molecule has 0 saturated heterocycles. The fourth-order valence-electron chi connectivity index (χ4n) is 2.99. The summed E-state index contributed by atoms with van der Waals surface area (Å²) < 4.78 is 1.81. The average Bonchev–Trinajstić information content (AvgIpc) is 3.18. The van der Waals surface area contributed by atoms with Crippen LogP contribution in [-0.4, -0.2) is 25.8 Å². The molecule has 1 aromatic carbocycles. The Bertz CT molecular complexity index is 790. The van der Waals surface area contributed by atoms with Gasteiger partial charge in [-0.15, -0.1) is 0 Å². The summed E-state index contributed by atoms with van der Waals surface area (Å²) in [6.45, 7) is 0. The maximum Gasteiger partial charge on any atom is 0.168 e. The van der Waals surface area contributed by atoms with Crippen LogP contribution in [0.25, 0.3) is 16.7 Å². The number of aromatic nitrogens is 4. The Kier molecular flexibility index (Phi) is 3.42. The molecule has 2 aromatic heterocycles. The minimum Gasteiger partial charge on any atom is -0.367 e. The van der Waals surface area contributed by atoms with E-state index in [-0.39, 0.29) is 0 Å². The second kappa shape index (κ2) is 5.57. The van der Waals surface area contributed by atoms with E-state index >= 15 is 0 Å². The lowest BCUT2D eigenvalue weighted by Gasteiger charge is -2.12. The van der Waals surface area contributed by atoms with Crippen molar-refractivity contribution >= 4 is 28.5 Å². The van der Waals surface area contributed by atoms with Gasteiger partial charge in [0.2, 0.25) is 0 Å². The average molecular weight is 314 g/mol. The molecule has 4 rings (SSSR count).